The van der Waals surface area contributed by atoms with Gasteiger partial charge in [-0.1, -0.05) is 12.1 Å². The summed E-state index contributed by atoms with van der Waals surface area (Å²) in [5.74, 6) is 1.83. The lowest BCUT2D eigenvalue weighted by Gasteiger charge is -2.27. The van der Waals surface area contributed by atoms with Gasteiger partial charge in [0.05, 0.1) is 18.3 Å². The van der Waals surface area contributed by atoms with Crippen LogP contribution in [-0.4, -0.2) is 30.6 Å². The highest BCUT2D eigenvalue weighted by Crippen LogP contribution is 2.30. The highest BCUT2D eigenvalue weighted by Gasteiger charge is 2.27. The van der Waals surface area contributed by atoms with E-state index in [1.54, 1.807) is 0 Å². The summed E-state index contributed by atoms with van der Waals surface area (Å²) < 4.78 is 1.07. The van der Waals surface area contributed by atoms with Crippen LogP contribution in [0, 0.1) is 0 Å². The lowest BCUT2D eigenvalue weighted by molar-refractivity contribution is 0.635. The van der Waals surface area contributed by atoms with Crippen molar-refractivity contribution in [3.63, 3.8) is 0 Å². The van der Waals surface area contributed by atoms with Crippen molar-refractivity contribution in [3.8, 4) is 0 Å². The summed E-state index contributed by atoms with van der Waals surface area (Å²) in [6.45, 7) is 0.807. The quantitative estimate of drug-likeness (QED) is 0.845. The Hall–Kier alpha value is -0.680. The Kier molecular flexibility index (Phi) is 4.95. The van der Waals surface area contributed by atoms with Crippen molar-refractivity contribution in [1.29, 1.82) is 0 Å². The molecule has 98 valence electrons. The average molecular weight is 328 g/mol. The van der Waals surface area contributed by atoms with Crippen molar-refractivity contribution in [1.82, 2.24) is 0 Å². The zero-order chi connectivity index (χ0) is 13.0. The SMILES string of the molecule is CSCCCC1CN=C(N)N1c1ccccc1Br. The Labute approximate surface area is 121 Å². The largest absolute Gasteiger partial charge is 0.370 e. The molecule has 0 aromatic heterocycles. The van der Waals surface area contributed by atoms with Crippen LogP contribution in [0.1, 0.15) is 12.8 Å². The van der Waals surface area contributed by atoms with Crippen molar-refractivity contribution in [2.24, 2.45) is 10.7 Å². The van der Waals surface area contributed by atoms with Crippen LogP contribution in [0.2, 0.25) is 0 Å². The van der Waals surface area contributed by atoms with E-state index in [4.69, 9.17) is 5.73 Å². The lowest BCUT2D eigenvalue weighted by Crippen LogP contribution is -2.41. The van der Waals surface area contributed by atoms with Crippen molar-refractivity contribution >= 4 is 39.3 Å². The van der Waals surface area contributed by atoms with Gasteiger partial charge in [0.1, 0.15) is 0 Å². The number of aliphatic imine (C=N–C) groups is 1. The molecule has 0 saturated heterocycles. The number of nitrogens with zero attached hydrogens (tertiary/aromatic N) is 2. The third-order valence-electron chi connectivity index (χ3n) is 3.07. The van der Waals surface area contributed by atoms with E-state index in [2.05, 4.69) is 38.1 Å². The molecule has 0 amide bonds. The molecule has 5 heteroatoms. The van der Waals surface area contributed by atoms with Gasteiger partial charge < -0.3 is 10.6 Å². The number of rotatable bonds is 5. The molecule has 1 unspecified atom stereocenters. The molecule has 0 bridgehead atoms. The molecular formula is C13H18BrN3S. The molecule has 0 spiro atoms. The maximum atomic E-state index is 6.02. The Morgan fingerprint density at radius 1 is 1.50 bits per heavy atom. The molecule has 1 aliphatic rings. The van der Waals surface area contributed by atoms with Crippen LogP contribution in [0.25, 0.3) is 0 Å². The van der Waals surface area contributed by atoms with Gasteiger partial charge in [0.15, 0.2) is 5.96 Å². The predicted octanol–water partition coefficient (Wildman–Crippen LogP) is 3.10. The Morgan fingerprint density at radius 3 is 3.00 bits per heavy atom. The van der Waals surface area contributed by atoms with Crippen LogP contribution in [0.15, 0.2) is 33.7 Å². The van der Waals surface area contributed by atoms with Crippen molar-refractivity contribution in [2.75, 3.05) is 23.5 Å². The minimum atomic E-state index is 0.399. The number of hydrogen-bond donors (Lipinski definition) is 1. The minimum absolute atomic E-state index is 0.399. The summed E-state index contributed by atoms with van der Waals surface area (Å²) in [5.41, 5.74) is 7.14. The van der Waals surface area contributed by atoms with Gasteiger partial charge in [-0.2, -0.15) is 11.8 Å². The minimum Gasteiger partial charge on any atom is -0.370 e. The van der Waals surface area contributed by atoms with Crippen LogP contribution in [0.4, 0.5) is 5.69 Å². The number of nitrogens with two attached hydrogens (primary N) is 1. The molecule has 2 rings (SSSR count). The lowest BCUT2D eigenvalue weighted by atomic mass is 10.1. The molecule has 1 aromatic carbocycles. The third-order valence-corrected chi connectivity index (χ3v) is 4.44. The molecule has 1 aromatic rings. The van der Waals surface area contributed by atoms with Crippen molar-refractivity contribution in [3.05, 3.63) is 28.7 Å². The van der Waals surface area contributed by atoms with Crippen LogP contribution < -0.4 is 10.6 Å². The second-order valence-corrected chi connectivity index (χ2v) is 6.15. The van der Waals surface area contributed by atoms with E-state index >= 15 is 0 Å². The van der Waals surface area contributed by atoms with Gasteiger partial charge in [-0.3, -0.25) is 4.99 Å². The molecule has 1 heterocycles. The molecule has 0 saturated carbocycles. The van der Waals surface area contributed by atoms with E-state index in [1.165, 1.54) is 12.2 Å². The van der Waals surface area contributed by atoms with E-state index in [0.717, 1.165) is 23.1 Å². The first-order valence-electron chi connectivity index (χ1n) is 6.06. The van der Waals surface area contributed by atoms with Gasteiger partial charge in [0.2, 0.25) is 0 Å². The van der Waals surface area contributed by atoms with Crippen LogP contribution in [0.5, 0.6) is 0 Å². The van der Waals surface area contributed by atoms with Gasteiger partial charge in [0.25, 0.3) is 0 Å². The maximum Gasteiger partial charge on any atom is 0.196 e. The van der Waals surface area contributed by atoms with Gasteiger partial charge in [-0.25, -0.2) is 0 Å². The average Bonchev–Trinajstić information content (AvgIpc) is 2.72. The molecule has 2 N–H and O–H groups in total. The zero-order valence-electron chi connectivity index (χ0n) is 10.5. The van der Waals surface area contributed by atoms with Gasteiger partial charge in [-0.05, 0) is 52.9 Å². The van der Waals surface area contributed by atoms with E-state index < -0.39 is 0 Å². The standard InChI is InChI=1S/C13H18BrN3S/c1-18-8-4-5-10-9-16-13(15)17(10)12-7-3-2-6-11(12)14/h2-3,6-7,10H,4-5,8-9H2,1H3,(H2,15,16). The zero-order valence-corrected chi connectivity index (χ0v) is 12.9. The highest BCUT2D eigenvalue weighted by atomic mass is 79.9. The highest BCUT2D eigenvalue weighted by molar-refractivity contribution is 9.10. The molecule has 1 aliphatic heterocycles. The van der Waals surface area contributed by atoms with E-state index in [0.29, 0.717) is 12.0 Å². The fraction of sp³-hybridized carbons (Fsp3) is 0.462. The molecule has 1 atom stereocenters. The van der Waals surface area contributed by atoms with Gasteiger partial charge >= 0.3 is 0 Å². The van der Waals surface area contributed by atoms with E-state index in [9.17, 15) is 0 Å². The van der Waals surface area contributed by atoms with Crippen molar-refractivity contribution < 1.29 is 0 Å². The van der Waals surface area contributed by atoms with Crippen LogP contribution >= 0.6 is 27.7 Å². The molecule has 18 heavy (non-hydrogen) atoms. The van der Waals surface area contributed by atoms with Gasteiger partial charge in [-0.15, -0.1) is 0 Å². The summed E-state index contributed by atoms with van der Waals surface area (Å²) in [5, 5.41) is 0. The first kappa shape index (κ1) is 13.7. The smallest absolute Gasteiger partial charge is 0.196 e. The predicted molar refractivity (Wildman–Crippen MR) is 84.5 cm³/mol. The van der Waals surface area contributed by atoms with Gasteiger partial charge in [0, 0.05) is 4.47 Å². The topological polar surface area (TPSA) is 41.6 Å². The number of hydrogen-bond acceptors (Lipinski definition) is 4. The second-order valence-electron chi connectivity index (χ2n) is 4.31. The van der Waals surface area contributed by atoms with E-state index in [-0.39, 0.29) is 0 Å². The molecule has 0 aliphatic carbocycles. The molecule has 0 fully saturated rings. The number of benzene rings is 1. The summed E-state index contributed by atoms with van der Waals surface area (Å²) >= 11 is 5.48. The number of anilines is 1. The Balaban J connectivity index is 2.12. The molecule has 0 radical (unpaired) electrons. The Bertz CT molecular complexity index is 436. The number of para-hydroxylation sites is 1. The first-order chi connectivity index (χ1) is 8.74. The third kappa shape index (κ3) is 3.01. The summed E-state index contributed by atoms with van der Waals surface area (Å²) in [6.07, 6.45) is 4.48. The molecular weight excluding hydrogens is 310 g/mol. The van der Waals surface area contributed by atoms with Crippen molar-refractivity contribution in [2.45, 2.75) is 18.9 Å². The first-order valence-corrected chi connectivity index (χ1v) is 8.25. The molecule has 3 nitrogen and oxygen atoms in total. The number of halogens is 1. The van der Waals surface area contributed by atoms with Crippen LogP contribution in [0.3, 0.4) is 0 Å². The summed E-state index contributed by atoms with van der Waals surface area (Å²) in [7, 11) is 0. The monoisotopic (exact) mass is 327 g/mol. The second kappa shape index (κ2) is 6.48. The number of thioether (sulfide) groups is 1. The fourth-order valence-electron chi connectivity index (χ4n) is 2.19. The number of guanidine groups is 1. The normalized spacial score (nSPS) is 19.1. The summed E-state index contributed by atoms with van der Waals surface area (Å²) in [6, 6.07) is 8.57. The maximum absolute atomic E-state index is 6.02. The summed E-state index contributed by atoms with van der Waals surface area (Å²) in [4.78, 5) is 6.55. The van der Waals surface area contributed by atoms with Crippen LogP contribution in [-0.2, 0) is 0 Å². The fourth-order valence-corrected chi connectivity index (χ4v) is 3.13. The Morgan fingerprint density at radius 2 is 2.28 bits per heavy atom. The van der Waals surface area contributed by atoms with E-state index in [1.807, 2.05) is 30.0 Å².